The first-order chi connectivity index (χ1) is 8.54. The monoisotopic (exact) mass is 255 g/mol. The van der Waals surface area contributed by atoms with E-state index in [1.165, 1.54) is 15.9 Å². The van der Waals surface area contributed by atoms with Crippen LogP contribution >= 0.6 is 0 Å². The lowest BCUT2D eigenvalue weighted by atomic mass is 10.4. The molecule has 0 spiro atoms. The molecule has 0 bridgehead atoms. The third-order valence-electron chi connectivity index (χ3n) is 2.53. The van der Waals surface area contributed by atoms with Gasteiger partial charge >= 0.3 is 12.0 Å². The van der Waals surface area contributed by atoms with E-state index in [-0.39, 0.29) is 31.4 Å². The first-order valence-electron chi connectivity index (χ1n) is 5.68. The van der Waals surface area contributed by atoms with Crippen molar-refractivity contribution in [2.24, 2.45) is 0 Å². The average molecular weight is 255 g/mol. The number of nitrogens with zero attached hydrogens (tertiary/aromatic N) is 2. The molecule has 18 heavy (non-hydrogen) atoms. The Bertz CT molecular complexity index is 356. The molecule has 0 aliphatic carbocycles. The molecule has 1 fully saturated rings. The summed E-state index contributed by atoms with van der Waals surface area (Å²) in [6.07, 6.45) is 1.71. The van der Waals surface area contributed by atoms with E-state index in [0.29, 0.717) is 19.6 Å². The van der Waals surface area contributed by atoms with Crippen LogP contribution in [-0.2, 0) is 9.59 Å². The van der Waals surface area contributed by atoms with Crippen molar-refractivity contribution in [1.82, 2.24) is 15.1 Å². The van der Waals surface area contributed by atoms with E-state index < -0.39 is 5.97 Å². The van der Waals surface area contributed by atoms with Gasteiger partial charge in [0, 0.05) is 32.6 Å². The van der Waals surface area contributed by atoms with E-state index >= 15 is 0 Å². The second-order valence-electron chi connectivity index (χ2n) is 3.93. The van der Waals surface area contributed by atoms with E-state index in [4.69, 9.17) is 5.11 Å². The molecule has 1 aliphatic heterocycles. The zero-order valence-electron chi connectivity index (χ0n) is 10.1. The number of hydrogen-bond acceptors (Lipinski definition) is 3. The van der Waals surface area contributed by atoms with Crippen LogP contribution in [0.25, 0.3) is 0 Å². The zero-order chi connectivity index (χ0) is 13.5. The summed E-state index contributed by atoms with van der Waals surface area (Å²) in [5.74, 6) is -1.17. The Kier molecular flexibility index (Phi) is 5.16. The summed E-state index contributed by atoms with van der Waals surface area (Å²) in [4.78, 5) is 36.6. The number of carbonyl (C=O) groups is 3. The molecule has 0 unspecified atom stereocenters. The van der Waals surface area contributed by atoms with E-state index in [1.54, 1.807) is 0 Å². The maximum absolute atomic E-state index is 12.1. The number of carboxylic acid groups (broad SMARTS) is 1. The van der Waals surface area contributed by atoms with Gasteiger partial charge in [-0.15, -0.1) is 6.58 Å². The summed E-state index contributed by atoms with van der Waals surface area (Å²) in [6, 6.07) is -0.381. The lowest BCUT2D eigenvalue weighted by molar-refractivity contribution is -0.137. The van der Waals surface area contributed by atoms with Crippen LogP contribution in [0.3, 0.4) is 0 Å². The Morgan fingerprint density at radius 3 is 2.83 bits per heavy atom. The molecular formula is C11H17N3O4. The summed E-state index contributed by atoms with van der Waals surface area (Å²) in [6.45, 7) is 4.37. The number of amides is 3. The second kappa shape index (κ2) is 6.63. The lowest BCUT2D eigenvalue weighted by Crippen LogP contribution is -2.46. The van der Waals surface area contributed by atoms with Crippen LogP contribution in [0.5, 0.6) is 0 Å². The first-order valence-corrected chi connectivity index (χ1v) is 5.68. The minimum absolute atomic E-state index is 0.0983. The fourth-order valence-electron chi connectivity index (χ4n) is 1.69. The third kappa shape index (κ3) is 4.08. The highest BCUT2D eigenvalue weighted by Gasteiger charge is 2.24. The Hall–Kier alpha value is -2.05. The molecule has 0 aromatic heterocycles. The number of hydrogen-bond donors (Lipinski definition) is 2. The predicted molar refractivity (Wildman–Crippen MR) is 64.0 cm³/mol. The smallest absolute Gasteiger partial charge is 0.323 e. The molecule has 3 amide bonds. The summed E-state index contributed by atoms with van der Waals surface area (Å²) in [5.41, 5.74) is 0. The van der Waals surface area contributed by atoms with Crippen LogP contribution in [0.4, 0.5) is 4.79 Å². The molecule has 0 radical (unpaired) electrons. The van der Waals surface area contributed by atoms with Crippen LogP contribution < -0.4 is 5.32 Å². The SMILES string of the molecule is C=CCN(CC(=O)O)C(=O)N1CCNC(=O)CC1. The van der Waals surface area contributed by atoms with Gasteiger partial charge in [-0.1, -0.05) is 6.08 Å². The number of carboxylic acids is 1. The van der Waals surface area contributed by atoms with Crippen LogP contribution in [0.15, 0.2) is 12.7 Å². The van der Waals surface area contributed by atoms with Gasteiger partial charge in [0.15, 0.2) is 0 Å². The average Bonchev–Trinajstić information content (AvgIpc) is 2.52. The molecule has 1 aliphatic rings. The van der Waals surface area contributed by atoms with Crippen LogP contribution in [0, 0.1) is 0 Å². The number of rotatable bonds is 4. The molecule has 1 heterocycles. The molecule has 2 N–H and O–H groups in total. The van der Waals surface area contributed by atoms with E-state index in [1.807, 2.05) is 0 Å². The summed E-state index contributed by atoms with van der Waals surface area (Å²) in [5, 5.41) is 11.4. The Morgan fingerprint density at radius 1 is 1.50 bits per heavy atom. The van der Waals surface area contributed by atoms with Gasteiger partial charge in [0.05, 0.1) is 0 Å². The largest absolute Gasteiger partial charge is 0.480 e. The van der Waals surface area contributed by atoms with Crippen molar-refractivity contribution in [2.45, 2.75) is 6.42 Å². The van der Waals surface area contributed by atoms with Gasteiger partial charge in [-0.2, -0.15) is 0 Å². The van der Waals surface area contributed by atoms with Gasteiger partial charge in [-0.05, 0) is 0 Å². The number of carbonyl (C=O) groups excluding carboxylic acids is 2. The fourth-order valence-corrected chi connectivity index (χ4v) is 1.69. The van der Waals surface area contributed by atoms with E-state index in [2.05, 4.69) is 11.9 Å². The number of urea groups is 1. The Morgan fingerprint density at radius 2 is 2.22 bits per heavy atom. The summed E-state index contributed by atoms with van der Waals surface area (Å²) < 4.78 is 0. The van der Waals surface area contributed by atoms with Crippen molar-refractivity contribution in [3.8, 4) is 0 Å². The van der Waals surface area contributed by atoms with E-state index in [9.17, 15) is 14.4 Å². The molecule has 0 aromatic carbocycles. The summed E-state index contributed by atoms with van der Waals surface area (Å²) >= 11 is 0. The van der Waals surface area contributed by atoms with Crippen molar-refractivity contribution < 1.29 is 19.5 Å². The van der Waals surface area contributed by atoms with Crippen LogP contribution in [0.1, 0.15) is 6.42 Å². The normalized spacial score (nSPS) is 15.6. The molecule has 1 saturated heterocycles. The van der Waals surface area contributed by atoms with Gasteiger partial charge in [0.25, 0.3) is 0 Å². The molecule has 7 heteroatoms. The number of nitrogens with one attached hydrogen (secondary N) is 1. The Labute approximate surface area is 105 Å². The van der Waals surface area contributed by atoms with Crippen molar-refractivity contribution in [3.63, 3.8) is 0 Å². The van der Waals surface area contributed by atoms with Crippen molar-refractivity contribution in [3.05, 3.63) is 12.7 Å². The maximum Gasteiger partial charge on any atom is 0.323 e. The molecule has 0 saturated carbocycles. The molecule has 100 valence electrons. The maximum atomic E-state index is 12.1. The van der Waals surface area contributed by atoms with E-state index in [0.717, 1.165) is 0 Å². The highest BCUT2D eigenvalue weighted by molar-refractivity contribution is 5.82. The molecule has 7 nitrogen and oxygen atoms in total. The van der Waals surface area contributed by atoms with Gasteiger partial charge in [-0.25, -0.2) is 4.79 Å². The van der Waals surface area contributed by atoms with Gasteiger partial charge in [0.2, 0.25) is 5.91 Å². The standard InChI is InChI=1S/C11H17N3O4/c1-2-5-14(8-10(16)17)11(18)13-6-3-9(15)12-4-7-13/h2H,1,3-8H2,(H,12,15)(H,16,17). The van der Waals surface area contributed by atoms with Crippen molar-refractivity contribution >= 4 is 17.9 Å². The number of aliphatic carboxylic acids is 1. The molecule has 0 atom stereocenters. The summed E-state index contributed by atoms with van der Waals surface area (Å²) in [7, 11) is 0. The van der Waals surface area contributed by atoms with Crippen molar-refractivity contribution in [1.29, 1.82) is 0 Å². The van der Waals surface area contributed by atoms with Gasteiger partial charge in [-0.3, -0.25) is 9.59 Å². The Balaban J connectivity index is 2.65. The van der Waals surface area contributed by atoms with Gasteiger partial charge < -0.3 is 20.2 Å². The van der Waals surface area contributed by atoms with Crippen molar-refractivity contribution in [2.75, 3.05) is 32.7 Å². The topological polar surface area (TPSA) is 90.0 Å². The van der Waals surface area contributed by atoms with Crippen LogP contribution in [0.2, 0.25) is 0 Å². The minimum Gasteiger partial charge on any atom is -0.480 e. The highest BCUT2D eigenvalue weighted by atomic mass is 16.4. The second-order valence-corrected chi connectivity index (χ2v) is 3.93. The third-order valence-corrected chi connectivity index (χ3v) is 2.53. The zero-order valence-corrected chi connectivity index (χ0v) is 10.1. The predicted octanol–water partition coefficient (Wildman–Crippen LogP) is -0.499. The molecule has 1 rings (SSSR count). The lowest BCUT2D eigenvalue weighted by Gasteiger charge is -2.27. The molecular weight excluding hydrogens is 238 g/mol. The van der Waals surface area contributed by atoms with Crippen LogP contribution in [-0.4, -0.2) is 65.5 Å². The fraction of sp³-hybridized carbons (Fsp3) is 0.545. The minimum atomic E-state index is -1.07. The first kappa shape index (κ1) is 14.0. The van der Waals surface area contributed by atoms with Gasteiger partial charge in [0.1, 0.15) is 6.54 Å². The molecule has 0 aromatic rings. The quantitative estimate of drug-likeness (QED) is 0.663. The highest BCUT2D eigenvalue weighted by Crippen LogP contribution is 2.03.